The average Bonchev–Trinajstić information content (AvgIpc) is 2.16. The van der Waals surface area contributed by atoms with Crippen LogP contribution in [0.1, 0.15) is 5.56 Å². The van der Waals surface area contributed by atoms with Gasteiger partial charge in [-0.1, -0.05) is 30.3 Å². The smallest absolute Gasteiger partial charge is 0.323 e. The van der Waals surface area contributed by atoms with Gasteiger partial charge < -0.3 is 9.92 Å². The van der Waals surface area contributed by atoms with Gasteiger partial charge in [0.25, 0.3) is 0 Å². The molecule has 0 spiro atoms. The average molecular weight is 245 g/mol. The van der Waals surface area contributed by atoms with Crippen molar-refractivity contribution < 1.29 is 21.9 Å². The molecule has 1 aromatic rings. The second kappa shape index (κ2) is 5.06. The molecule has 0 bridgehead atoms. The predicted molar refractivity (Wildman–Crippen MR) is 55.8 cm³/mol. The highest BCUT2D eigenvalue weighted by Crippen LogP contribution is 2.03. The molecule has 0 saturated heterocycles. The van der Waals surface area contributed by atoms with Crippen LogP contribution in [0.2, 0.25) is 0 Å². The third kappa shape index (κ3) is 4.39. The minimum Gasteiger partial charge on any atom is -0.323 e. The zero-order chi connectivity index (χ0) is 12.2. The molecule has 0 radical (unpaired) electrons. The van der Waals surface area contributed by atoms with Crippen LogP contribution in [0.15, 0.2) is 30.3 Å². The Kier molecular flexibility index (Phi) is 3.99. The summed E-state index contributed by atoms with van der Waals surface area (Å²) in [5.41, 5.74) is 6.17. The van der Waals surface area contributed by atoms with Gasteiger partial charge in [-0.05, 0) is 12.0 Å². The van der Waals surface area contributed by atoms with Crippen molar-refractivity contribution in [3.8, 4) is 0 Å². The van der Waals surface area contributed by atoms with Gasteiger partial charge >= 0.3 is 16.4 Å². The molecule has 16 heavy (non-hydrogen) atoms. The first kappa shape index (κ1) is 12.6. The first-order valence-corrected chi connectivity index (χ1v) is 5.75. The molecule has 3 N–H and O–H groups in total. The fraction of sp³-hybridized carbons (Fsp3) is 0.222. The van der Waals surface area contributed by atoms with Crippen molar-refractivity contribution in [2.45, 2.75) is 12.5 Å². The molecule has 0 fully saturated rings. The van der Waals surface area contributed by atoms with E-state index in [9.17, 15) is 13.2 Å². The Hall–Kier alpha value is -1.44. The van der Waals surface area contributed by atoms with Gasteiger partial charge in [-0.25, -0.2) is 4.79 Å². The molecule has 0 amide bonds. The van der Waals surface area contributed by atoms with E-state index in [2.05, 4.69) is 4.18 Å². The van der Waals surface area contributed by atoms with Gasteiger partial charge in [0.05, 0.1) is 0 Å². The molecular formula is C9H11NO5S. The molecule has 1 aromatic carbocycles. The Balaban J connectivity index is 2.60. The van der Waals surface area contributed by atoms with Gasteiger partial charge in [-0.3, -0.25) is 4.55 Å². The number of carbonyl (C=O) groups excluding carboxylic acids is 1. The van der Waals surface area contributed by atoms with E-state index in [0.717, 1.165) is 5.56 Å². The van der Waals surface area contributed by atoms with Crippen LogP contribution in [0.25, 0.3) is 0 Å². The second-order valence-corrected chi connectivity index (χ2v) is 4.15. The van der Waals surface area contributed by atoms with Crippen molar-refractivity contribution in [2.75, 3.05) is 0 Å². The van der Waals surface area contributed by atoms with Gasteiger partial charge in [-0.15, -0.1) is 0 Å². The SMILES string of the molecule is NC(Cc1ccccc1)C(=O)OS(=O)(=O)O. The molecule has 1 atom stereocenters. The summed E-state index contributed by atoms with van der Waals surface area (Å²) in [6.45, 7) is 0. The van der Waals surface area contributed by atoms with E-state index in [0.29, 0.717) is 0 Å². The second-order valence-electron chi connectivity index (χ2n) is 3.13. The van der Waals surface area contributed by atoms with Crippen molar-refractivity contribution in [1.29, 1.82) is 0 Å². The Morgan fingerprint density at radius 1 is 1.38 bits per heavy atom. The predicted octanol–water partition coefficient (Wildman–Crippen LogP) is -0.0976. The highest BCUT2D eigenvalue weighted by atomic mass is 32.3. The van der Waals surface area contributed by atoms with Gasteiger partial charge in [0.15, 0.2) is 0 Å². The van der Waals surface area contributed by atoms with Gasteiger partial charge in [-0.2, -0.15) is 8.42 Å². The third-order valence-electron chi connectivity index (χ3n) is 1.79. The lowest BCUT2D eigenvalue weighted by molar-refractivity contribution is -0.135. The third-order valence-corrected chi connectivity index (χ3v) is 2.16. The molecule has 88 valence electrons. The van der Waals surface area contributed by atoms with E-state index in [1.807, 2.05) is 0 Å². The first-order valence-electron chi connectivity index (χ1n) is 4.39. The van der Waals surface area contributed by atoms with Crippen LogP contribution in [-0.4, -0.2) is 25.0 Å². The standard InChI is InChI=1S/C9H11NO5S/c10-8(9(11)15-16(12,13)14)6-7-4-2-1-3-5-7/h1-5,8H,6,10H2,(H,12,13,14). The van der Waals surface area contributed by atoms with Crippen molar-refractivity contribution in [3.05, 3.63) is 35.9 Å². The van der Waals surface area contributed by atoms with E-state index in [-0.39, 0.29) is 6.42 Å². The summed E-state index contributed by atoms with van der Waals surface area (Å²) in [6, 6.07) is 7.66. The molecule has 6 nitrogen and oxygen atoms in total. The van der Waals surface area contributed by atoms with Crippen LogP contribution in [0.4, 0.5) is 0 Å². The Morgan fingerprint density at radius 2 is 1.94 bits per heavy atom. The van der Waals surface area contributed by atoms with Crippen molar-refractivity contribution in [1.82, 2.24) is 0 Å². The van der Waals surface area contributed by atoms with E-state index in [4.69, 9.17) is 10.3 Å². The summed E-state index contributed by atoms with van der Waals surface area (Å²) in [5, 5.41) is 0. The lowest BCUT2D eigenvalue weighted by Crippen LogP contribution is -2.35. The quantitative estimate of drug-likeness (QED) is 0.717. The zero-order valence-corrected chi connectivity index (χ0v) is 9.05. The van der Waals surface area contributed by atoms with E-state index < -0.39 is 22.4 Å². The molecule has 0 aliphatic heterocycles. The van der Waals surface area contributed by atoms with Crippen LogP contribution in [0, 0.1) is 0 Å². The highest BCUT2D eigenvalue weighted by molar-refractivity contribution is 7.81. The maximum Gasteiger partial charge on any atom is 0.449 e. The molecule has 0 heterocycles. The first-order chi connectivity index (χ1) is 7.38. The van der Waals surface area contributed by atoms with Crippen molar-refractivity contribution in [3.63, 3.8) is 0 Å². The fourth-order valence-electron chi connectivity index (χ4n) is 1.12. The number of rotatable bonds is 4. The molecule has 7 heteroatoms. The summed E-state index contributed by atoms with van der Waals surface area (Å²) in [4.78, 5) is 11.1. The number of hydrogen-bond donors (Lipinski definition) is 2. The van der Waals surface area contributed by atoms with Crippen LogP contribution in [-0.2, 0) is 25.8 Å². The molecule has 0 aliphatic carbocycles. The zero-order valence-electron chi connectivity index (χ0n) is 8.24. The van der Waals surface area contributed by atoms with Crippen LogP contribution in [0.3, 0.4) is 0 Å². The highest BCUT2D eigenvalue weighted by Gasteiger charge is 2.21. The Labute approximate surface area is 93.0 Å². The summed E-state index contributed by atoms with van der Waals surface area (Å²) in [6.07, 6.45) is 0.134. The van der Waals surface area contributed by atoms with Gasteiger partial charge in [0.1, 0.15) is 6.04 Å². The molecule has 0 aliphatic rings. The maximum atomic E-state index is 11.1. The lowest BCUT2D eigenvalue weighted by atomic mass is 10.1. The minimum absolute atomic E-state index is 0.134. The van der Waals surface area contributed by atoms with E-state index in [1.165, 1.54) is 0 Å². The number of benzene rings is 1. The topological polar surface area (TPSA) is 107 Å². The van der Waals surface area contributed by atoms with Gasteiger partial charge in [0, 0.05) is 0 Å². The summed E-state index contributed by atoms with van der Waals surface area (Å²) < 4.78 is 32.5. The monoisotopic (exact) mass is 245 g/mol. The summed E-state index contributed by atoms with van der Waals surface area (Å²) in [7, 11) is -4.79. The number of hydrogen-bond acceptors (Lipinski definition) is 5. The van der Waals surface area contributed by atoms with Crippen LogP contribution >= 0.6 is 0 Å². The largest absolute Gasteiger partial charge is 0.449 e. The molecule has 0 saturated carbocycles. The maximum absolute atomic E-state index is 11.1. The molecule has 1 rings (SSSR count). The van der Waals surface area contributed by atoms with E-state index in [1.54, 1.807) is 30.3 Å². The lowest BCUT2D eigenvalue weighted by Gasteiger charge is -2.08. The van der Waals surface area contributed by atoms with E-state index >= 15 is 0 Å². The normalized spacial score (nSPS) is 13.1. The number of carbonyl (C=O) groups is 1. The molecule has 0 aromatic heterocycles. The molecule has 1 unspecified atom stereocenters. The van der Waals surface area contributed by atoms with Crippen LogP contribution in [0.5, 0.6) is 0 Å². The van der Waals surface area contributed by atoms with Crippen molar-refractivity contribution >= 4 is 16.4 Å². The summed E-state index contributed by atoms with van der Waals surface area (Å²) in [5.74, 6) is -1.19. The summed E-state index contributed by atoms with van der Waals surface area (Å²) >= 11 is 0. The van der Waals surface area contributed by atoms with Crippen molar-refractivity contribution in [2.24, 2.45) is 5.73 Å². The fourth-order valence-corrected chi connectivity index (χ4v) is 1.45. The Bertz CT molecular complexity index is 456. The molecular weight excluding hydrogens is 234 g/mol. The minimum atomic E-state index is -4.79. The Morgan fingerprint density at radius 3 is 2.44 bits per heavy atom. The number of nitrogens with two attached hydrogens (primary N) is 1. The van der Waals surface area contributed by atoms with Gasteiger partial charge in [0.2, 0.25) is 0 Å². The van der Waals surface area contributed by atoms with Crippen LogP contribution < -0.4 is 5.73 Å².